The average Bonchev–Trinajstić information content (AvgIpc) is 2.78. The zero-order valence-electron chi connectivity index (χ0n) is 20.3. The van der Waals surface area contributed by atoms with Crippen LogP contribution in [0.3, 0.4) is 0 Å². The molecule has 2 atom stereocenters. The molecule has 0 saturated carbocycles. The summed E-state index contributed by atoms with van der Waals surface area (Å²) in [4.78, 5) is 36.7. The van der Waals surface area contributed by atoms with E-state index in [0.717, 1.165) is 11.1 Å². The molecule has 178 valence electrons. The zero-order valence-corrected chi connectivity index (χ0v) is 20.3. The van der Waals surface area contributed by atoms with Crippen LogP contribution >= 0.6 is 0 Å². The standard InChI is InChI=1S/C26H33NO6/c1-16(22(24(29)31-6)25(30)32-7)18-11-13-20(14-12-18)27-23(28)17(2)33-21-10-8-9-19(15-21)26(3,4)5/h8-17,22H,1-7H3,(H,27,28). The van der Waals surface area contributed by atoms with Gasteiger partial charge in [-0.25, -0.2) is 0 Å². The number of hydrogen-bond acceptors (Lipinski definition) is 6. The maximum Gasteiger partial charge on any atom is 0.320 e. The smallest absolute Gasteiger partial charge is 0.320 e. The van der Waals surface area contributed by atoms with Gasteiger partial charge in [0.05, 0.1) is 14.2 Å². The van der Waals surface area contributed by atoms with Gasteiger partial charge in [0.25, 0.3) is 5.91 Å². The van der Waals surface area contributed by atoms with Crippen LogP contribution in [0.25, 0.3) is 0 Å². The predicted molar refractivity (Wildman–Crippen MR) is 126 cm³/mol. The maximum absolute atomic E-state index is 12.6. The lowest BCUT2D eigenvalue weighted by Crippen LogP contribution is -2.31. The summed E-state index contributed by atoms with van der Waals surface area (Å²) in [7, 11) is 2.46. The summed E-state index contributed by atoms with van der Waals surface area (Å²) in [5.41, 5.74) is 2.40. The molecule has 0 aliphatic heterocycles. The van der Waals surface area contributed by atoms with Gasteiger partial charge in [-0.05, 0) is 47.7 Å². The molecule has 2 aromatic rings. The van der Waals surface area contributed by atoms with E-state index in [2.05, 4.69) is 26.1 Å². The van der Waals surface area contributed by atoms with Crippen LogP contribution in [-0.4, -0.2) is 38.2 Å². The molecular formula is C26H33NO6. The third-order valence-corrected chi connectivity index (χ3v) is 5.50. The molecule has 33 heavy (non-hydrogen) atoms. The van der Waals surface area contributed by atoms with E-state index in [0.29, 0.717) is 11.4 Å². The molecule has 0 bridgehead atoms. The topological polar surface area (TPSA) is 90.9 Å². The van der Waals surface area contributed by atoms with Crippen molar-refractivity contribution in [2.75, 3.05) is 19.5 Å². The van der Waals surface area contributed by atoms with E-state index in [1.807, 2.05) is 24.3 Å². The minimum Gasteiger partial charge on any atom is -0.481 e. The van der Waals surface area contributed by atoms with Gasteiger partial charge in [-0.2, -0.15) is 0 Å². The average molecular weight is 456 g/mol. The Balaban J connectivity index is 2.06. The number of nitrogens with one attached hydrogen (secondary N) is 1. The van der Waals surface area contributed by atoms with Crippen molar-refractivity contribution in [2.24, 2.45) is 5.92 Å². The number of benzene rings is 2. The van der Waals surface area contributed by atoms with E-state index in [-0.39, 0.29) is 11.3 Å². The molecule has 0 spiro atoms. The third kappa shape index (κ3) is 6.81. The van der Waals surface area contributed by atoms with Gasteiger partial charge in [0.15, 0.2) is 12.0 Å². The van der Waals surface area contributed by atoms with Crippen LogP contribution in [0.5, 0.6) is 5.75 Å². The SMILES string of the molecule is COC(=O)C(C(=O)OC)C(C)c1ccc(NC(=O)C(C)Oc2cccc(C(C)(C)C)c2)cc1. The Hall–Kier alpha value is -3.35. The lowest BCUT2D eigenvalue weighted by molar-refractivity contribution is -0.159. The van der Waals surface area contributed by atoms with Gasteiger partial charge in [0, 0.05) is 11.6 Å². The summed E-state index contributed by atoms with van der Waals surface area (Å²) in [5.74, 6) is -2.52. The normalized spacial score (nSPS) is 13.1. The summed E-state index contributed by atoms with van der Waals surface area (Å²) in [6, 6.07) is 14.6. The Morgan fingerprint density at radius 1 is 0.879 bits per heavy atom. The van der Waals surface area contributed by atoms with Crippen molar-refractivity contribution in [3.63, 3.8) is 0 Å². The molecule has 1 N–H and O–H groups in total. The summed E-state index contributed by atoms with van der Waals surface area (Å²) >= 11 is 0. The molecule has 7 nitrogen and oxygen atoms in total. The first kappa shape index (κ1) is 25.9. The third-order valence-electron chi connectivity index (χ3n) is 5.50. The quantitative estimate of drug-likeness (QED) is 0.467. The van der Waals surface area contributed by atoms with Crippen molar-refractivity contribution in [1.29, 1.82) is 0 Å². The second-order valence-corrected chi connectivity index (χ2v) is 8.96. The summed E-state index contributed by atoms with van der Waals surface area (Å²) in [6.45, 7) is 9.78. The number of ether oxygens (including phenoxy) is 3. The van der Waals surface area contributed by atoms with Gasteiger partial charge >= 0.3 is 11.9 Å². The molecule has 0 aliphatic carbocycles. The molecule has 0 aliphatic rings. The van der Waals surface area contributed by atoms with Crippen molar-refractivity contribution in [1.82, 2.24) is 0 Å². The Labute approximate surface area is 195 Å². The van der Waals surface area contributed by atoms with Gasteiger partial charge in [0.2, 0.25) is 0 Å². The predicted octanol–water partition coefficient (Wildman–Crippen LogP) is 4.46. The van der Waals surface area contributed by atoms with E-state index in [1.54, 1.807) is 38.1 Å². The number of hydrogen-bond donors (Lipinski definition) is 1. The molecule has 0 aromatic heterocycles. The number of amides is 1. The number of rotatable bonds is 8. The lowest BCUT2D eigenvalue weighted by Gasteiger charge is -2.21. The largest absolute Gasteiger partial charge is 0.481 e. The Morgan fingerprint density at radius 2 is 1.45 bits per heavy atom. The van der Waals surface area contributed by atoms with Crippen molar-refractivity contribution >= 4 is 23.5 Å². The highest BCUT2D eigenvalue weighted by Gasteiger charge is 2.35. The fourth-order valence-corrected chi connectivity index (χ4v) is 3.36. The summed E-state index contributed by atoms with van der Waals surface area (Å²) in [5, 5.41) is 2.82. The van der Waals surface area contributed by atoms with E-state index >= 15 is 0 Å². The minimum absolute atomic E-state index is 0.0233. The second-order valence-electron chi connectivity index (χ2n) is 8.96. The highest BCUT2D eigenvalue weighted by atomic mass is 16.5. The fraction of sp³-hybridized carbons (Fsp3) is 0.423. The lowest BCUT2D eigenvalue weighted by atomic mass is 9.87. The van der Waals surface area contributed by atoms with Gasteiger partial charge in [0.1, 0.15) is 5.75 Å². The monoisotopic (exact) mass is 455 g/mol. The molecule has 0 fully saturated rings. The van der Waals surface area contributed by atoms with Crippen molar-refractivity contribution < 1.29 is 28.6 Å². The van der Waals surface area contributed by atoms with E-state index in [1.165, 1.54) is 14.2 Å². The van der Waals surface area contributed by atoms with Crippen LogP contribution in [0.2, 0.25) is 0 Å². The molecule has 2 rings (SSSR count). The number of anilines is 1. The van der Waals surface area contributed by atoms with Crippen LogP contribution in [-0.2, 0) is 29.3 Å². The fourth-order valence-electron chi connectivity index (χ4n) is 3.36. The summed E-state index contributed by atoms with van der Waals surface area (Å²) < 4.78 is 15.3. The van der Waals surface area contributed by atoms with Crippen molar-refractivity contribution in [3.05, 3.63) is 59.7 Å². The Kier molecular flexibility index (Phi) is 8.63. The second kappa shape index (κ2) is 11.0. The maximum atomic E-state index is 12.6. The van der Waals surface area contributed by atoms with Crippen molar-refractivity contribution in [3.8, 4) is 5.75 Å². The van der Waals surface area contributed by atoms with Crippen LogP contribution in [0.15, 0.2) is 48.5 Å². The molecule has 1 amide bonds. The molecule has 0 heterocycles. The van der Waals surface area contributed by atoms with E-state index in [4.69, 9.17) is 14.2 Å². The number of carbonyl (C=O) groups excluding carboxylic acids is 3. The van der Waals surface area contributed by atoms with Gasteiger partial charge in [-0.15, -0.1) is 0 Å². The molecule has 2 aromatic carbocycles. The molecule has 7 heteroatoms. The number of esters is 2. The first-order chi connectivity index (χ1) is 15.5. The van der Waals surface area contributed by atoms with Gasteiger partial charge < -0.3 is 19.5 Å². The number of methoxy groups -OCH3 is 2. The Bertz CT molecular complexity index is 961. The minimum atomic E-state index is -1.07. The molecule has 0 saturated heterocycles. The highest BCUT2D eigenvalue weighted by molar-refractivity contribution is 5.96. The first-order valence-corrected chi connectivity index (χ1v) is 10.8. The van der Waals surface area contributed by atoms with Gasteiger partial charge in [-0.1, -0.05) is 52.0 Å². The first-order valence-electron chi connectivity index (χ1n) is 10.8. The molecule has 2 unspecified atom stereocenters. The molecule has 0 radical (unpaired) electrons. The molecular weight excluding hydrogens is 422 g/mol. The van der Waals surface area contributed by atoms with Crippen LogP contribution in [0.4, 0.5) is 5.69 Å². The van der Waals surface area contributed by atoms with Crippen LogP contribution in [0.1, 0.15) is 51.7 Å². The number of carbonyl (C=O) groups is 3. The van der Waals surface area contributed by atoms with Gasteiger partial charge in [-0.3, -0.25) is 14.4 Å². The van der Waals surface area contributed by atoms with E-state index in [9.17, 15) is 14.4 Å². The zero-order chi connectivity index (χ0) is 24.8. The summed E-state index contributed by atoms with van der Waals surface area (Å²) in [6.07, 6.45) is -0.707. The highest BCUT2D eigenvalue weighted by Crippen LogP contribution is 2.28. The van der Waals surface area contributed by atoms with Crippen LogP contribution < -0.4 is 10.1 Å². The van der Waals surface area contributed by atoms with Crippen LogP contribution in [0, 0.1) is 5.92 Å². The Morgan fingerprint density at radius 3 is 1.97 bits per heavy atom. The van der Waals surface area contributed by atoms with Crippen molar-refractivity contribution in [2.45, 2.75) is 52.1 Å². The van der Waals surface area contributed by atoms with E-state index < -0.39 is 29.9 Å².